The third-order valence-corrected chi connectivity index (χ3v) is 4.32. The summed E-state index contributed by atoms with van der Waals surface area (Å²) >= 11 is 0. The normalized spacial score (nSPS) is 20.2. The van der Waals surface area contributed by atoms with Gasteiger partial charge < -0.3 is 14.8 Å². The van der Waals surface area contributed by atoms with Crippen LogP contribution in [0.4, 0.5) is 0 Å². The first-order chi connectivity index (χ1) is 8.63. The van der Waals surface area contributed by atoms with E-state index in [1.165, 1.54) is 31.6 Å². The summed E-state index contributed by atoms with van der Waals surface area (Å²) < 4.78 is 2.31. The largest absolute Gasteiger partial charge is 0.351 e. The van der Waals surface area contributed by atoms with Crippen LogP contribution >= 0.6 is 0 Å². The number of hydrogen-bond acceptors (Lipinski definition) is 2. The van der Waals surface area contributed by atoms with Gasteiger partial charge in [-0.15, -0.1) is 0 Å². The molecule has 2 rings (SSSR count). The molecule has 0 radical (unpaired) electrons. The minimum absolute atomic E-state index is 0.482. The molecule has 1 aliphatic heterocycles. The lowest BCUT2D eigenvalue weighted by molar-refractivity contribution is 0.136. The summed E-state index contributed by atoms with van der Waals surface area (Å²) in [5, 5.41) is 3.65. The standard InChI is InChI=1S/C15H27N3/c1-4-18-9-5-6-14(18)12-16-13-15(2)7-10-17(3)11-8-15/h5-6,9,16H,4,7-8,10-13H2,1-3H3. The second kappa shape index (κ2) is 5.89. The number of aromatic nitrogens is 1. The van der Waals surface area contributed by atoms with Crippen LogP contribution in [0, 0.1) is 5.41 Å². The van der Waals surface area contributed by atoms with E-state index < -0.39 is 0 Å². The predicted molar refractivity (Wildman–Crippen MR) is 76.7 cm³/mol. The first-order valence-electron chi connectivity index (χ1n) is 7.16. The molecule has 0 aromatic carbocycles. The first kappa shape index (κ1) is 13.6. The molecule has 18 heavy (non-hydrogen) atoms. The van der Waals surface area contributed by atoms with Crippen LogP contribution in [0.5, 0.6) is 0 Å². The summed E-state index contributed by atoms with van der Waals surface area (Å²) in [6.07, 6.45) is 4.78. The molecular weight excluding hydrogens is 222 g/mol. The Bertz CT molecular complexity index is 362. The van der Waals surface area contributed by atoms with Gasteiger partial charge in [-0.25, -0.2) is 0 Å². The molecule has 1 N–H and O–H groups in total. The van der Waals surface area contributed by atoms with Crippen LogP contribution in [0.25, 0.3) is 0 Å². The summed E-state index contributed by atoms with van der Waals surface area (Å²) in [6, 6.07) is 4.35. The summed E-state index contributed by atoms with van der Waals surface area (Å²) in [7, 11) is 2.22. The number of nitrogens with one attached hydrogen (secondary N) is 1. The van der Waals surface area contributed by atoms with Crippen molar-refractivity contribution in [2.24, 2.45) is 5.41 Å². The fraction of sp³-hybridized carbons (Fsp3) is 0.733. The molecular formula is C15H27N3. The number of piperidine rings is 1. The summed E-state index contributed by atoms with van der Waals surface area (Å²) in [5.74, 6) is 0. The minimum Gasteiger partial charge on any atom is -0.351 e. The van der Waals surface area contributed by atoms with E-state index in [9.17, 15) is 0 Å². The van der Waals surface area contributed by atoms with E-state index in [-0.39, 0.29) is 0 Å². The highest BCUT2D eigenvalue weighted by Gasteiger charge is 2.28. The molecule has 102 valence electrons. The van der Waals surface area contributed by atoms with E-state index >= 15 is 0 Å². The molecule has 0 saturated carbocycles. The zero-order chi connectivity index (χ0) is 13.0. The molecule has 0 atom stereocenters. The van der Waals surface area contributed by atoms with Crippen LogP contribution in [-0.2, 0) is 13.1 Å². The molecule has 1 saturated heterocycles. The molecule has 1 aliphatic rings. The zero-order valence-corrected chi connectivity index (χ0v) is 12.1. The van der Waals surface area contributed by atoms with Crippen molar-refractivity contribution in [2.45, 2.75) is 39.8 Å². The maximum absolute atomic E-state index is 3.65. The Labute approximate surface area is 111 Å². The fourth-order valence-electron chi connectivity index (χ4n) is 2.75. The quantitative estimate of drug-likeness (QED) is 0.864. The van der Waals surface area contributed by atoms with Crippen LogP contribution in [0.2, 0.25) is 0 Å². The number of rotatable bonds is 5. The predicted octanol–water partition coefficient (Wildman–Crippen LogP) is 2.33. The zero-order valence-electron chi connectivity index (χ0n) is 12.1. The SMILES string of the molecule is CCn1cccc1CNCC1(C)CCN(C)CC1. The highest BCUT2D eigenvalue weighted by molar-refractivity contribution is 5.06. The first-order valence-corrected chi connectivity index (χ1v) is 7.16. The minimum atomic E-state index is 0.482. The third-order valence-electron chi connectivity index (χ3n) is 4.32. The van der Waals surface area contributed by atoms with E-state index in [1.54, 1.807) is 0 Å². The van der Waals surface area contributed by atoms with E-state index in [2.05, 4.69) is 54.0 Å². The van der Waals surface area contributed by atoms with Crippen molar-refractivity contribution in [1.82, 2.24) is 14.8 Å². The highest BCUT2D eigenvalue weighted by atomic mass is 15.1. The summed E-state index contributed by atoms with van der Waals surface area (Å²) in [5.41, 5.74) is 1.88. The lowest BCUT2D eigenvalue weighted by Crippen LogP contribution is -2.42. The van der Waals surface area contributed by atoms with Gasteiger partial charge in [0.15, 0.2) is 0 Å². The average Bonchev–Trinajstić information content (AvgIpc) is 2.81. The van der Waals surface area contributed by atoms with Crippen molar-refractivity contribution < 1.29 is 0 Å². The number of nitrogens with zero attached hydrogens (tertiary/aromatic N) is 2. The van der Waals surface area contributed by atoms with Crippen LogP contribution in [0.1, 0.15) is 32.4 Å². The van der Waals surface area contributed by atoms with Gasteiger partial charge in [-0.2, -0.15) is 0 Å². The molecule has 2 heterocycles. The molecule has 0 spiro atoms. The van der Waals surface area contributed by atoms with Crippen molar-refractivity contribution in [3.63, 3.8) is 0 Å². The van der Waals surface area contributed by atoms with E-state index in [1.807, 2.05) is 0 Å². The third kappa shape index (κ3) is 3.36. The van der Waals surface area contributed by atoms with Gasteiger partial charge in [0.25, 0.3) is 0 Å². The van der Waals surface area contributed by atoms with Crippen LogP contribution < -0.4 is 5.32 Å². The Kier molecular flexibility index (Phi) is 4.46. The Hall–Kier alpha value is -0.800. The van der Waals surface area contributed by atoms with Crippen LogP contribution in [0.15, 0.2) is 18.3 Å². The fourth-order valence-corrected chi connectivity index (χ4v) is 2.75. The maximum Gasteiger partial charge on any atom is 0.0359 e. The average molecular weight is 249 g/mol. The molecule has 3 heteroatoms. The number of likely N-dealkylation sites (tertiary alicyclic amines) is 1. The van der Waals surface area contributed by atoms with Gasteiger partial charge in [-0.1, -0.05) is 6.92 Å². The van der Waals surface area contributed by atoms with Gasteiger partial charge in [0, 0.05) is 31.5 Å². The summed E-state index contributed by atoms with van der Waals surface area (Å²) in [4.78, 5) is 2.43. The number of aryl methyl sites for hydroxylation is 1. The Morgan fingerprint density at radius 2 is 2.06 bits per heavy atom. The second-order valence-electron chi connectivity index (χ2n) is 6.00. The topological polar surface area (TPSA) is 20.2 Å². The highest BCUT2D eigenvalue weighted by Crippen LogP contribution is 2.29. The van der Waals surface area contributed by atoms with Gasteiger partial charge in [0.2, 0.25) is 0 Å². The summed E-state index contributed by atoms with van der Waals surface area (Å²) in [6.45, 7) is 10.3. The van der Waals surface area contributed by atoms with Gasteiger partial charge in [0.05, 0.1) is 0 Å². The van der Waals surface area contributed by atoms with Crippen molar-refractivity contribution in [2.75, 3.05) is 26.7 Å². The Morgan fingerprint density at radius 1 is 1.33 bits per heavy atom. The smallest absolute Gasteiger partial charge is 0.0359 e. The van der Waals surface area contributed by atoms with Gasteiger partial charge >= 0.3 is 0 Å². The monoisotopic (exact) mass is 249 g/mol. The Balaban J connectivity index is 1.78. The van der Waals surface area contributed by atoms with Crippen LogP contribution in [0.3, 0.4) is 0 Å². The van der Waals surface area contributed by atoms with E-state index in [4.69, 9.17) is 0 Å². The maximum atomic E-state index is 3.65. The van der Waals surface area contributed by atoms with Gasteiger partial charge in [-0.3, -0.25) is 0 Å². The Morgan fingerprint density at radius 3 is 2.72 bits per heavy atom. The molecule has 0 aliphatic carbocycles. The van der Waals surface area contributed by atoms with Gasteiger partial charge in [0.1, 0.15) is 0 Å². The lowest BCUT2D eigenvalue weighted by atomic mass is 9.80. The lowest BCUT2D eigenvalue weighted by Gasteiger charge is -2.38. The van der Waals surface area contributed by atoms with Gasteiger partial charge in [-0.05, 0) is 57.5 Å². The molecule has 0 unspecified atom stereocenters. The van der Waals surface area contributed by atoms with Crippen LogP contribution in [-0.4, -0.2) is 36.1 Å². The molecule has 0 bridgehead atoms. The number of hydrogen-bond donors (Lipinski definition) is 1. The van der Waals surface area contributed by atoms with Crippen molar-refractivity contribution in [3.8, 4) is 0 Å². The molecule has 1 fully saturated rings. The van der Waals surface area contributed by atoms with Crippen molar-refractivity contribution in [1.29, 1.82) is 0 Å². The molecule has 1 aromatic rings. The van der Waals surface area contributed by atoms with E-state index in [0.717, 1.165) is 19.6 Å². The molecule has 1 aromatic heterocycles. The molecule has 0 amide bonds. The molecule has 3 nitrogen and oxygen atoms in total. The van der Waals surface area contributed by atoms with Crippen molar-refractivity contribution >= 4 is 0 Å². The van der Waals surface area contributed by atoms with E-state index in [0.29, 0.717) is 5.41 Å². The van der Waals surface area contributed by atoms with Crippen molar-refractivity contribution in [3.05, 3.63) is 24.0 Å². The second-order valence-corrected chi connectivity index (χ2v) is 6.00.